The molecule has 0 aliphatic carbocycles. The summed E-state index contributed by atoms with van der Waals surface area (Å²) in [6.07, 6.45) is 2.38. The van der Waals surface area contributed by atoms with E-state index < -0.39 is 6.10 Å². The molecule has 0 bridgehead atoms. The number of aliphatic hydroxyl groups is 1. The van der Waals surface area contributed by atoms with Crippen molar-refractivity contribution in [1.82, 2.24) is 14.7 Å². The molecule has 1 aliphatic heterocycles. The summed E-state index contributed by atoms with van der Waals surface area (Å²) < 4.78 is 1.84. The van der Waals surface area contributed by atoms with Crippen LogP contribution in [0, 0.1) is 11.3 Å². The van der Waals surface area contributed by atoms with Crippen LogP contribution in [0.5, 0.6) is 0 Å². The number of hydrogen-bond acceptors (Lipinski definition) is 4. The standard InChI is InChI=1S/C22H22N4O/c1-25-13-19(22(24-25)17-8-6-16(12-23)7-9-17)15-26-11-10-21(27)20-5-3-2-4-18(20)14-26/h2-9,13,21,27H,10-11,14-15H2,1H3. The van der Waals surface area contributed by atoms with E-state index in [4.69, 9.17) is 5.26 Å². The number of rotatable bonds is 3. The maximum Gasteiger partial charge on any atom is 0.0991 e. The van der Waals surface area contributed by atoms with E-state index in [0.717, 1.165) is 48.4 Å². The molecule has 27 heavy (non-hydrogen) atoms. The third-order valence-electron chi connectivity index (χ3n) is 5.11. The van der Waals surface area contributed by atoms with Gasteiger partial charge in [0.25, 0.3) is 0 Å². The summed E-state index contributed by atoms with van der Waals surface area (Å²) in [5.41, 5.74) is 5.98. The van der Waals surface area contributed by atoms with Crippen LogP contribution in [0.3, 0.4) is 0 Å². The molecular formula is C22H22N4O. The largest absolute Gasteiger partial charge is 0.388 e. The first kappa shape index (κ1) is 17.5. The summed E-state index contributed by atoms with van der Waals surface area (Å²) in [5.74, 6) is 0. The van der Waals surface area contributed by atoms with E-state index in [0.29, 0.717) is 5.56 Å². The number of aryl methyl sites for hydroxylation is 1. The summed E-state index contributed by atoms with van der Waals surface area (Å²) >= 11 is 0. The van der Waals surface area contributed by atoms with Crippen molar-refractivity contribution in [2.45, 2.75) is 25.6 Å². The number of aromatic nitrogens is 2. The van der Waals surface area contributed by atoms with Gasteiger partial charge < -0.3 is 5.11 Å². The van der Waals surface area contributed by atoms with Gasteiger partial charge in [-0.3, -0.25) is 9.58 Å². The van der Waals surface area contributed by atoms with Gasteiger partial charge in [0.05, 0.1) is 23.4 Å². The van der Waals surface area contributed by atoms with Gasteiger partial charge in [-0.1, -0.05) is 36.4 Å². The van der Waals surface area contributed by atoms with Crippen molar-refractivity contribution in [3.8, 4) is 17.3 Å². The molecule has 5 heteroatoms. The van der Waals surface area contributed by atoms with Crippen LogP contribution >= 0.6 is 0 Å². The van der Waals surface area contributed by atoms with Crippen LogP contribution in [0.2, 0.25) is 0 Å². The molecule has 0 amide bonds. The molecule has 136 valence electrons. The van der Waals surface area contributed by atoms with Crippen LogP contribution in [0.1, 0.15) is 34.8 Å². The highest BCUT2D eigenvalue weighted by molar-refractivity contribution is 5.63. The molecular weight excluding hydrogens is 336 g/mol. The van der Waals surface area contributed by atoms with Gasteiger partial charge in [0.2, 0.25) is 0 Å². The third-order valence-corrected chi connectivity index (χ3v) is 5.11. The average Bonchev–Trinajstić information content (AvgIpc) is 2.98. The van der Waals surface area contributed by atoms with E-state index in [-0.39, 0.29) is 0 Å². The van der Waals surface area contributed by atoms with Crippen LogP contribution < -0.4 is 0 Å². The second-order valence-electron chi connectivity index (χ2n) is 7.08. The number of aliphatic hydroxyl groups excluding tert-OH is 1. The number of benzene rings is 2. The summed E-state index contributed by atoms with van der Waals surface area (Å²) in [6.45, 7) is 2.41. The maximum absolute atomic E-state index is 10.4. The van der Waals surface area contributed by atoms with Crippen LogP contribution in [-0.4, -0.2) is 26.3 Å². The zero-order chi connectivity index (χ0) is 18.8. The van der Waals surface area contributed by atoms with E-state index in [1.165, 1.54) is 5.56 Å². The highest BCUT2D eigenvalue weighted by atomic mass is 16.3. The summed E-state index contributed by atoms with van der Waals surface area (Å²) in [4.78, 5) is 2.36. The van der Waals surface area contributed by atoms with Crippen LogP contribution in [0.25, 0.3) is 11.3 Å². The van der Waals surface area contributed by atoms with Gasteiger partial charge in [0, 0.05) is 44.0 Å². The molecule has 4 rings (SSSR count). The molecule has 0 spiro atoms. The first-order valence-corrected chi connectivity index (χ1v) is 9.15. The highest BCUT2D eigenvalue weighted by Gasteiger charge is 2.22. The molecule has 2 aromatic carbocycles. The molecule has 0 saturated heterocycles. The zero-order valence-electron chi connectivity index (χ0n) is 15.3. The molecule has 5 nitrogen and oxygen atoms in total. The van der Waals surface area contributed by atoms with E-state index in [9.17, 15) is 5.11 Å². The maximum atomic E-state index is 10.4. The lowest BCUT2D eigenvalue weighted by Gasteiger charge is -2.20. The molecule has 0 saturated carbocycles. The van der Waals surface area contributed by atoms with E-state index >= 15 is 0 Å². The van der Waals surface area contributed by atoms with Gasteiger partial charge in [-0.2, -0.15) is 10.4 Å². The Morgan fingerprint density at radius 3 is 2.74 bits per heavy atom. The van der Waals surface area contributed by atoms with Crippen molar-refractivity contribution in [2.75, 3.05) is 6.54 Å². The third kappa shape index (κ3) is 3.63. The fraction of sp³-hybridized carbons (Fsp3) is 0.273. The van der Waals surface area contributed by atoms with Crippen molar-refractivity contribution >= 4 is 0 Å². The SMILES string of the molecule is Cn1cc(CN2CCC(O)c3ccccc3C2)c(-c2ccc(C#N)cc2)n1. The monoisotopic (exact) mass is 358 g/mol. The molecule has 0 radical (unpaired) electrons. The van der Waals surface area contributed by atoms with Crippen LogP contribution in [-0.2, 0) is 20.1 Å². The van der Waals surface area contributed by atoms with Crippen molar-refractivity contribution in [2.24, 2.45) is 7.05 Å². The molecule has 1 aromatic heterocycles. The lowest BCUT2D eigenvalue weighted by molar-refractivity contribution is 0.150. The summed E-state index contributed by atoms with van der Waals surface area (Å²) in [6, 6.07) is 17.8. The fourth-order valence-electron chi connectivity index (χ4n) is 3.76. The second-order valence-corrected chi connectivity index (χ2v) is 7.08. The Hall–Kier alpha value is -2.94. The minimum Gasteiger partial charge on any atom is -0.388 e. The van der Waals surface area contributed by atoms with Gasteiger partial charge in [-0.15, -0.1) is 0 Å². The Balaban J connectivity index is 1.61. The molecule has 1 aliphatic rings. The van der Waals surface area contributed by atoms with Crippen molar-refractivity contribution < 1.29 is 5.11 Å². The Kier molecular flexibility index (Phi) is 4.76. The molecule has 2 heterocycles. The van der Waals surface area contributed by atoms with Gasteiger partial charge in [-0.05, 0) is 29.7 Å². The first-order chi connectivity index (χ1) is 13.1. The van der Waals surface area contributed by atoms with Crippen LogP contribution in [0.4, 0.5) is 0 Å². The minimum absolute atomic E-state index is 0.405. The first-order valence-electron chi connectivity index (χ1n) is 9.15. The van der Waals surface area contributed by atoms with Gasteiger partial charge in [-0.25, -0.2) is 0 Å². The van der Waals surface area contributed by atoms with E-state index in [1.54, 1.807) is 0 Å². The van der Waals surface area contributed by atoms with Crippen molar-refractivity contribution in [3.63, 3.8) is 0 Å². The van der Waals surface area contributed by atoms with Crippen molar-refractivity contribution in [3.05, 3.63) is 77.0 Å². The molecule has 1 N–H and O–H groups in total. The topological polar surface area (TPSA) is 65.1 Å². The lowest BCUT2D eigenvalue weighted by atomic mass is 10.0. The molecule has 0 fully saturated rings. The average molecular weight is 358 g/mol. The Morgan fingerprint density at radius 1 is 1.19 bits per heavy atom. The van der Waals surface area contributed by atoms with Crippen LogP contribution in [0.15, 0.2) is 54.7 Å². The van der Waals surface area contributed by atoms with Crippen molar-refractivity contribution in [1.29, 1.82) is 5.26 Å². The Bertz CT molecular complexity index is 984. The lowest BCUT2D eigenvalue weighted by Crippen LogP contribution is -2.23. The molecule has 1 atom stereocenters. The molecule has 1 unspecified atom stereocenters. The predicted molar refractivity (Wildman–Crippen MR) is 103 cm³/mol. The zero-order valence-corrected chi connectivity index (χ0v) is 15.3. The summed E-state index contributed by atoms with van der Waals surface area (Å²) in [5, 5.41) is 24.1. The highest BCUT2D eigenvalue weighted by Crippen LogP contribution is 2.29. The number of nitriles is 1. The summed E-state index contributed by atoms with van der Waals surface area (Å²) in [7, 11) is 1.93. The Labute approximate surface area is 159 Å². The van der Waals surface area contributed by atoms with E-state index in [2.05, 4.69) is 28.3 Å². The normalized spacial score (nSPS) is 17.1. The Morgan fingerprint density at radius 2 is 1.96 bits per heavy atom. The quantitative estimate of drug-likeness (QED) is 0.779. The minimum atomic E-state index is -0.405. The number of nitrogens with zero attached hydrogens (tertiary/aromatic N) is 4. The second kappa shape index (κ2) is 7.36. The smallest absolute Gasteiger partial charge is 0.0991 e. The van der Waals surface area contributed by atoms with Gasteiger partial charge >= 0.3 is 0 Å². The predicted octanol–water partition coefficient (Wildman–Crippen LogP) is 3.40. The number of hydrogen-bond donors (Lipinski definition) is 1. The number of fused-ring (bicyclic) bond motifs is 1. The van der Waals surface area contributed by atoms with E-state index in [1.807, 2.05) is 54.2 Å². The fourth-order valence-corrected chi connectivity index (χ4v) is 3.76. The van der Waals surface area contributed by atoms with Gasteiger partial charge in [0.1, 0.15) is 0 Å². The molecule has 3 aromatic rings. The van der Waals surface area contributed by atoms with Gasteiger partial charge in [0.15, 0.2) is 0 Å².